The quantitative estimate of drug-likeness (QED) is 0.578. The molecule has 0 aromatic carbocycles. The molecule has 2 fully saturated rings. The van der Waals surface area contributed by atoms with Crippen molar-refractivity contribution in [3.63, 3.8) is 0 Å². The molecule has 2 saturated heterocycles. The number of aliphatic hydroxyl groups excluding tert-OH is 1. The number of fused-ring (bicyclic) bond motifs is 1. The summed E-state index contributed by atoms with van der Waals surface area (Å²) in [5.74, 6) is 0. The van der Waals surface area contributed by atoms with Crippen LogP contribution in [0.3, 0.4) is 0 Å². The lowest BCUT2D eigenvalue weighted by Gasteiger charge is -2.21. The van der Waals surface area contributed by atoms with Gasteiger partial charge < -0.3 is 5.11 Å². The van der Waals surface area contributed by atoms with E-state index in [1.165, 1.54) is 32.2 Å². The lowest BCUT2D eigenvalue weighted by Crippen LogP contribution is -2.33. The predicted molar refractivity (Wildman–Crippen MR) is 39.8 cm³/mol. The molecule has 0 saturated carbocycles. The fourth-order valence-corrected chi connectivity index (χ4v) is 2.40. The summed E-state index contributed by atoms with van der Waals surface area (Å²) in [7, 11) is 0. The van der Waals surface area contributed by atoms with Crippen molar-refractivity contribution in [1.82, 2.24) is 4.90 Å². The highest BCUT2D eigenvalue weighted by Gasteiger charge is 2.35. The standard InChI is InChI=1S/C8H15NO/c10-6-8-4-3-7-2-1-5-9(7)8/h7-8,10H,1-6H2/t7?,8-/m0/s1. The first-order valence-corrected chi connectivity index (χ1v) is 4.28. The number of aliphatic hydroxyl groups is 1. The highest BCUT2D eigenvalue weighted by Crippen LogP contribution is 2.31. The zero-order chi connectivity index (χ0) is 6.97. The summed E-state index contributed by atoms with van der Waals surface area (Å²) >= 11 is 0. The molecule has 2 rings (SSSR count). The zero-order valence-electron chi connectivity index (χ0n) is 6.29. The van der Waals surface area contributed by atoms with Gasteiger partial charge in [0.15, 0.2) is 0 Å². The highest BCUT2D eigenvalue weighted by atomic mass is 16.3. The van der Waals surface area contributed by atoms with Crippen molar-refractivity contribution in [2.45, 2.75) is 37.8 Å². The van der Waals surface area contributed by atoms with Crippen molar-refractivity contribution >= 4 is 0 Å². The Morgan fingerprint density at radius 1 is 1.30 bits per heavy atom. The van der Waals surface area contributed by atoms with Crippen LogP contribution in [0.25, 0.3) is 0 Å². The summed E-state index contributed by atoms with van der Waals surface area (Å²) in [5, 5.41) is 8.97. The summed E-state index contributed by atoms with van der Waals surface area (Å²) < 4.78 is 0. The maximum Gasteiger partial charge on any atom is 0.0586 e. The minimum absolute atomic E-state index is 0.372. The van der Waals surface area contributed by atoms with E-state index >= 15 is 0 Å². The van der Waals surface area contributed by atoms with Crippen molar-refractivity contribution in [3.8, 4) is 0 Å². The summed E-state index contributed by atoms with van der Waals surface area (Å²) in [5.41, 5.74) is 0. The lowest BCUT2D eigenvalue weighted by atomic mass is 10.1. The largest absolute Gasteiger partial charge is 0.395 e. The van der Waals surface area contributed by atoms with Crippen molar-refractivity contribution in [2.75, 3.05) is 13.2 Å². The first kappa shape index (κ1) is 6.62. The van der Waals surface area contributed by atoms with Gasteiger partial charge in [-0.1, -0.05) is 0 Å². The molecule has 0 aromatic heterocycles. The number of rotatable bonds is 1. The topological polar surface area (TPSA) is 23.5 Å². The van der Waals surface area contributed by atoms with Crippen LogP contribution >= 0.6 is 0 Å². The molecule has 0 aromatic rings. The SMILES string of the molecule is OC[C@@H]1CCC2CCCN21. The maximum atomic E-state index is 8.97. The molecule has 2 heterocycles. The Hall–Kier alpha value is -0.0800. The van der Waals surface area contributed by atoms with E-state index in [0.717, 1.165) is 6.04 Å². The molecule has 2 aliphatic rings. The zero-order valence-corrected chi connectivity index (χ0v) is 6.29. The van der Waals surface area contributed by atoms with E-state index in [1.54, 1.807) is 0 Å². The Labute approximate surface area is 61.8 Å². The van der Waals surface area contributed by atoms with E-state index in [9.17, 15) is 0 Å². The van der Waals surface area contributed by atoms with Crippen molar-refractivity contribution in [1.29, 1.82) is 0 Å². The number of nitrogens with zero attached hydrogens (tertiary/aromatic N) is 1. The second kappa shape index (κ2) is 2.51. The van der Waals surface area contributed by atoms with Crippen LogP contribution in [0.4, 0.5) is 0 Å². The van der Waals surface area contributed by atoms with Gasteiger partial charge in [-0.2, -0.15) is 0 Å². The first-order valence-electron chi connectivity index (χ1n) is 4.28. The molecule has 0 radical (unpaired) electrons. The Balaban J connectivity index is 2.01. The van der Waals surface area contributed by atoms with Gasteiger partial charge in [0.1, 0.15) is 0 Å². The smallest absolute Gasteiger partial charge is 0.0586 e. The fraction of sp³-hybridized carbons (Fsp3) is 1.00. The van der Waals surface area contributed by atoms with Crippen LogP contribution in [0, 0.1) is 0 Å². The Bertz CT molecular complexity index is 126. The highest BCUT2D eigenvalue weighted by molar-refractivity contribution is 4.91. The molecule has 0 aliphatic carbocycles. The number of hydrogen-bond acceptors (Lipinski definition) is 2. The van der Waals surface area contributed by atoms with Crippen LogP contribution in [-0.2, 0) is 0 Å². The van der Waals surface area contributed by atoms with Crippen LogP contribution < -0.4 is 0 Å². The lowest BCUT2D eigenvalue weighted by molar-refractivity contribution is 0.155. The van der Waals surface area contributed by atoms with Crippen LogP contribution in [0.5, 0.6) is 0 Å². The second-order valence-corrected chi connectivity index (χ2v) is 3.45. The van der Waals surface area contributed by atoms with Crippen molar-refractivity contribution in [3.05, 3.63) is 0 Å². The molecule has 58 valence electrons. The third-order valence-electron chi connectivity index (χ3n) is 2.94. The van der Waals surface area contributed by atoms with Gasteiger partial charge in [0.05, 0.1) is 6.61 Å². The Kier molecular flexibility index (Phi) is 1.66. The van der Waals surface area contributed by atoms with Gasteiger partial charge in [-0.15, -0.1) is 0 Å². The summed E-state index contributed by atoms with van der Waals surface area (Å²) in [6, 6.07) is 1.34. The van der Waals surface area contributed by atoms with Crippen LogP contribution in [0.2, 0.25) is 0 Å². The average molecular weight is 141 g/mol. The molecule has 0 bridgehead atoms. The molecule has 2 nitrogen and oxygen atoms in total. The van der Waals surface area contributed by atoms with Crippen LogP contribution in [0.15, 0.2) is 0 Å². The molecule has 2 aliphatic heterocycles. The Morgan fingerprint density at radius 3 is 3.00 bits per heavy atom. The molecule has 0 spiro atoms. The van der Waals surface area contributed by atoms with Gasteiger partial charge >= 0.3 is 0 Å². The molecule has 0 amide bonds. The van der Waals surface area contributed by atoms with Crippen molar-refractivity contribution in [2.24, 2.45) is 0 Å². The molecular formula is C8H15NO. The first-order chi connectivity index (χ1) is 4.92. The summed E-state index contributed by atoms with van der Waals surface area (Å²) in [6.45, 7) is 1.60. The molecule has 2 heteroatoms. The van der Waals surface area contributed by atoms with E-state index in [1.807, 2.05) is 0 Å². The third-order valence-corrected chi connectivity index (χ3v) is 2.94. The Morgan fingerprint density at radius 2 is 2.20 bits per heavy atom. The van der Waals surface area contributed by atoms with Gasteiger partial charge in [-0.3, -0.25) is 4.90 Å². The average Bonchev–Trinajstić information content (AvgIpc) is 2.44. The number of hydrogen-bond donors (Lipinski definition) is 1. The minimum atomic E-state index is 0.372. The summed E-state index contributed by atoms with van der Waals surface area (Å²) in [4.78, 5) is 2.49. The van der Waals surface area contributed by atoms with Gasteiger partial charge in [0, 0.05) is 12.1 Å². The van der Waals surface area contributed by atoms with Crippen molar-refractivity contribution < 1.29 is 5.11 Å². The summed E-state index contributed by atoms with van der Waals surface area (Å²) in [6.07, 6.45) is 5.27. The fourth-order valence-electron chi connectivity index (χ4n) is 2.40. The molecule has 10 heavy (non-hydrogen) atoms. The monoisotopic (exact) mass is 141 g/mol. The van der Waals surface area contributed by atoms with E-state index in [0.29, 0.717) is 12.6 Å². The molecule has 2 atom stereocenters. The van der Waals surface area contributed by atoms with E-state index in [-0.39, 0.29) is 0 Å². The molecule has 1 unspecified atom stereocenters. The van der Waals surface area contributed by atoms with Gasteiger partial charge in [0.2, 0.25) is 0 Å². The van der Waals surface area contributed by atoms with Crippen LogP contribution in [-0.4, -0.2) is 35.2 Å². The van der Waals surface area contributed by atoms with Crippen LogP contribution in [0.1, 0.15) is 25.7 Å². The minimum Gasteiger partial charge on any atom is -0.395 e. The van der Waals surface area contributed by atoms with E-state index in [4.69, 9.17) is 5.11 Å². The molecule has 1 N–H and O–H groups in total. The van der Waals surface area contributed by atoms with E-state index in [2.05, 4.69) is 4.90 Å². The third kappa shape index (κ3) is 0.867. The van der Waals surface area contributed by atoms with Gasteiger partial charge in [-0.05, 0) is 32.2 Å². The van der Waals surface area contributed by atoms with E-state index < -0.39 is 0 Å². The van der Waals surface area contributed by atoms with Gasteiger partial charge in [0.25, 0.3) is 0 Å². The predicted octanol–water partition coefficient (Wildman–Crippen LogP) is 0.605. The molecular weight excluding hydrogens is 126 g/mol. The second-order valence-electron chi connectivity index (χ2n) is 3.45. The van der Waals surface area contributed by atoms with Gasteiger partial charge in [-0.25, -0.2) is 0 Å². The maximum absolute atomic E-state index is 8.97. The normalized spacial score (nSPS) is 40.5.